The third kappa shape index (κ3) is 2.16. The fraction of sp³-hybridized carbons (Fsp3) is 0.882. The van der Waals surface area contributed by atoms with Gasteiger partial charge >= 0.3 is 5.97 Å². The average Bonchev–Trinajstić information content (AvgIpc) is 3.24. The molecule has 0 spiro atoms. The van der Waals surface area contributed by atoms with Gasteiger partial charge < -0.3 is 15.2 Å². The maximum Gasteiger partial charge on any atom is 0.310 e. The number of fused-ring (bicyclic) bond motifs is 4. The van der Waals surface area contributed by atoms with Crippen LogP contribution in [-0.2, 0) is 14.3 Å². The summed E-state index contributed by atoms with van der Waals surface area (Å²) in [6.07, 6.45) is 6.31. The lowest BCUT2D eigenvalue weighted by Gasteiger charge is -2.31. The third-order valence-corrected chi connectivity index (χ3v) is 6.67. The van der Waals surface area contributed by atoms with Gasteiger partial charge in [0.15, 0.2) is 0 Å². The fourth-order valence-corrected chi connectivity index (χ4v) is 5.66. The Labute approximate surface area is 130 Å². The van der Waals surface area contributed by atoms with Crippen LogP contribution in [0.3, 0.4) is 0 Å². The van der Waals surface area contributed by atoms with E-state index < -0.39 is 17.8 Å². The molecule has 2 heterocycles. The molecule has 0 aromatic rings. The Bertz CT molecular complexity index is 493. The Hall–Kier alpha value is -1.10. The summed E-state index contributed by atoms with van der Waals surface area (Å²) >= 11 is 0. The number of carboxylic acid groups (broad SMARTS) is 1. The summed E-state index contributed by atoms with van der Waals surface area (Å²) in [6, 6.07) is 0.149. The number of amides is 1. The first-order chi connectivity index (χ1) is 10.5. The van der Waals surface area contributed by atoms with Crippen LogP contribution in [0.2, 0.25) is 0 Å². The van der Waals surface area contributed by atoms with Gasteiger partial charge in [-0.1, -0.05) is 6.42 Å². The van der Waals surface area contributed by atoms with Gasteiger partial charge in [0, 0.05) is 6.04 Å². The third-order valence-electron chi connectivity index (χ3n) is 6.67. The largest absolute Gasteiger partial charge is 0.481 e. The van der Waals surface area contributed by atoms with E-state index in [9.17, 15) is 14.7 Å². The monoisotopic (exact) mass is 307 g/mol. The van der Waals surface area contributed by atoms with Crippen molar-refractivity contribution < 1.29 is 19.4 Å². The van der Waals surface area contributed by atoms with E-state index in [1.165, 1.54) is 25.7 Å². The Morgan fingerprint density at radius 1 is 1.09 bits per heavy atom. The first kappa shape index (κ1) is 14.5. The van der Waals surface area contributed by atoms with Crippen LogP contribution < -0.4 is 5.32 Å². The van der Waals surface area contributed by atoms with E-state index in [4.69, 9.17) is 4.74 Å². The van der Waals surface area contributed by atoms with Crippen molar-refractivity contribution in [3.63, 3.8) is 0 Å². The first-order valence-electron chi connectivity index (χ1n) is 8.73. The number of carboxylic acids is 1. The molecule has 4 aliphatic rings. The van der Waals surface area contributed by atoms with Gasteiger partial charge in [0.05, 0.1) is 24.0 Å². The summed E-state index contributed by atoms with van der Waals surface area (Å²) in [5.41, 5.74) is 0. The number of hydrogen-bond acceptors (Lipinski definition) is 3. The molecule has 0 unspecified atom stereocenters. The number of carbonyl (C=O) groups excluding carboxylic acids is 1. The highest BCUT2D eigenvalue weighted by molar-refractivity contribution is 5.86. The van der Waals surface area contributed by atoms with E-state index >= 15 is 0 Å². The van der Waals surface area contributed by atoms with Gasteiger partial charge in [0.2, 0.25) is 5.91 Å². The number of hydrogen-bond donors (Lipinski definition) is 2. The maximum absolute atomic E-state index is 12.7. The lowest BCUT2D eigenvalue weighted by atomic mass is 9.78. The molecule has 1 amide bonds. The molecule has 4 rings (SSSR count). The summed E-state index contributed by atoms with van der Waals surface area (Å²) in [5, 5.41) is 12.6. The zero-order chi connectivity index (χ0) is 15.4. The summed E-state index contributed by atoms with van der Waals surface area (Å²) in [5.74, 6) is 0.0300. The molecule has 4 fully saturated rings. The summed E-state index contributed by atoms with van der Waals surface area (Å²) in [7, 11) is 0. The molecular weight excluding hydrogens is 282 g/mol. The van der Waals surface area contributed by atoms with Crippen LogP contribution in [0, 0.1) is 29.6 Å². The van der Waals surface area contributed by atoms with Gasteiger partial charge in [-0.15, -0.1) is 0 Å². The zero-order valence-electron chi connectivity index (χ0n) is 13.0. The quantitative estimate of drug-likeness (QED) is 0.830. The molecular formula is C17H25NO4. The van der Waals surface area contributed by atoms with Gasteiger partial charge in [-0.3, -0.25) is 9.59 Å². The Kier molecular flexibility index (Phi) is 3.44. The van der Waals surface area contributed by atoms with Crippen LogP contribution in [0.25, 0.3) is 0 Å². The minimum atomic E-state index is -0.889. The van der Waals surface area contributed by atoms with E-state index in [1.807, 2.05) is 0 Å². The van der Waals surface area contributed by atoms with Gasteiger partial charge in [0.1, 0.15) is 0 Å². The van der Waals surface area contributed by atoms with Gasteiger partial charge in [0.25, 0.3) is 0 Å². The lowest BCUT2D eigenvalue weighted by Crippen LogP contribution is -2.48. The number of aliphatic carboxylic acids is 1. The molecule has 2 saturated carbocycles. The second-order valence-corrected chi connectivity index (χ2v) is 7.82. The van der Waals surface area contributed by atoms with Crippen molar-refractivity contribution in [2.45, 2.75) is 63.7 Å². The van der Waals surface area contributed by atoms with Crippen molar-refractivity contribution >= 4 is 11.9 Å². The first-order valence-corrected chi connectivity index (χ1v) is 8.73. The molecule has 22 heavy (non-hydrogen) atoms. The Balaban J connectivity index is 1.42. The van der Waals surface area contributed by atoms with Crippen molar-refractivity contribution in [1.82, 2.24) is 5.32 Å². The molecule has 2 N–H and O–H groups in total. The van der Waals surface area contributed by atoms with Crippen LogP contribution >= 0.6 is 0 Å². The molecule has 0 aromatic carbocycles. The average molecular weight is 307 g/mol. The Morgan fingerprint density at radius 2 is 1.82 bits per heavy atom. The highest BCUT2D eigenvalue weighted by atomic mass is 16.5. The van der Waals surface area contributed by atoms with Gasteiger partial charge in [-0.25, -0.2) is 0 Å². The van der Waals surface area contributed by atoms with Crippen LogP contribution in [0.15, 0.2) is 0 Å². The summed E-state index contributed by atoms with van der Waals surface area (Å²) < 4.78 is 5.69. The number of ether oxygens (including phenoxy) is 1. The SMILES string of the molecule is C[C@H](NC(=O)[C@H]1[C@@H](C(=O)O)[C@H]2CC[C@H]1O2)[C@@H]1C[C@H]2CC[C@H]1C2. The van der Waals surface area contributed by atoms with Crippen LogP contribution in [0.4, 0.5) is 0 Å². The molecule has 4 bridgehead atoms. The topological polar surface area (TPSA) is 75.6 Å². The molecule has 8 atom stereocenters. The molecule has 122 valence electrons. The number of nitrogens with one attached hydrogen (secondary N) is 1. The van der Waals surface area contributed by atoms with E-state index in [0.717, 1.165) is 24.7 Å². The fourth-order valence-electron chi connectivity index (χ4n) is 5.66. The molecule has 0 aromatic heterocycles. The molecule has 5 heteroatoms. The van der Waals surface area contributed by atoms with E-state index in [0.29, 0.717) is 5.92 Å². The smallest absolute Gasteiger partial charge is 0.310 e. The van der Waals surface area contributed by atoms with Crippen molar-refractivity contribution in [3.8, 4) is 0 Å². The van der Waals surface area contributed by atoms with Crippen LogP contribution in [-0.4, -0.2) is 35.2 Å². The van der Waals surface area contributed by atoms with Gasteiger partial charge in [-0.2, -0.15) is 0 Å². The van der Waals surface area contributed by atoms with Crippen molar-refractivity contribution in [1.29, 1.82) is 0 Å². The zero-order valence-corrected chi connectivity index (χ0v) is 13.0. The Morgan fingerprint density at radius 3 is 2.41 bits per heavy atom. The van der Waals surface area contributed by atoms with Gasteiger partial charge in [-0.05, 0) is 56.8 Å². The normalized spacial score (nSPS) is 46.9. The van der Waals surface area contributed by atoms with E-state index in [-0.39, 0.29) is 24.2 Å². The maximum atomic E-state index is 12.7. The molecule has 2 saturated heterocycles. The van der Waals surface area contributed by atoms with Crippen molar-refractivity contribution in [2.24, 2.45) is 29.6 Å². The van der Waals surface area contributed by atoms with E-state index in [1.54, 1.807) is 0 Å². The standard InChI is InChI=1S/C17H25NO4/c1-8(11-7-9-2-3-10(11)6-9)18-16(19)14-12-4-5-13(22-12)15(14)17(20)21/h8-15H,2-7H2,1H3,(H,18,19)(H,20,21)/t8-,9-,10-,11-,12+,13+,14+,15-/m0/s1. The minimum absolute atomic E-state index is 0.102. The summed E-state index contributed by atoms with van der Waals surface area (Å²) in [4.78, 5) is 24.2. The molecule has 5 nitrogen and oxygen atoms in total. The van der Waals surface area contributed by atoms with Crippen molar-refractivity contribution in [3.05, 3.63) is 0 Å². The summed E-state index contributed by atoms with van der Waals surface area (Å²) in [6.45, 7) is 2.09. The second kappa shape index (κ2) is 5.22. The number of carbonyl (C=O) groups is 2. The van der Waals surface area contributed by atoms with E-state index in [2.05, 4.69) is 12.2 Å². The van der Waals surface area contributed by atoms with Crippen LogP contribution in [0.5, 0.6) is 0 Å². The number of rotatable bonds is 4. The minimum Gasteiger partial charge on any atom is -0.481 e. The lowest BCUT2D eigenvalue weighted by molar-refractivity contribution is -0.148. The van der Waals surface area contributed by atoms with Crippen LogP contribution in [0.1, 0.15) is 45.4 Å². The highest BCUT2D eigenvalue weighted by Gasteiger charge is 2.56. The van der Waals surface area contributed by atoms with Crippen molar-refractivity contribution in [2.75, 3.05) is 0 Å². The highest BCUT2D eigenvalue weighted by Crippen LogP contribution is 2.50. The molecule has 0 radical (unpaired) electrons. The second-order valence-electron chi connectivity index (χ2n) is 7.82. The molecule has 2 aliphatic carbocycles. The molecule has 2 aliphatic heterocycles. The predicted octanol–water partition coefficient (Wildman–Crippen LogP) is 1.81. The predicted molar refractivity (Wildman–Crippen MR) is 79.1 cm³/mol.